The highest BCUT2D eigenvalue weighted by Gasteiger charge is 2.45. The van der Waals surface area contributed by atoms with Gasteiger partial charge < -0.3 is 9.64 Å². The van der Waals surface area contributed by atoms with Gasteiger partial charge in [0.1, 0.15) is 0 Å². The SMILES string of the molecule is CCCC1NC(CC)N(C2CCCC2OC)C1=O. The summed E-state index contributed by atoms with van der Waals surface area (Å²) in [5.74, 6) is 0.289. The Hall–Kier alpha value is -0.610. The highest BCUT2D eigenvalue weighted by Crippen LogP contribution is 2.31. The maximum absolute atomic E-state index is 12.5. The van der Waals surface area contributed by atoms with Crippen LogP contribution in [0.4, 0.5) is 0 Å². The van der Waals surface area contributed by atoms with E-state index in [-0.39, 0.29) is 30.3 Å². The molecule has 18 heavy (non-hydrogen) atoms. The van der Waals surface area contributed by atoms with Crippen molar-refractivity contribution in [3.63, 3.8) is 0 Å². The van der Waals surface area contributed by atoms with Gasteiger partial charge in [0.05, 0.1) is 24.4 Å². The van der Waals surface area contributed by atoms with Crippen molar-refractivity contribution in [3.8, 4) is 0 Å². The van der Waals surface area contributed by atoms with Crippen molar-refractivity contribution in [2.75, 3.05) is 7.11 Å². The average Bonchev–Trinajstić information content (AvgIpc) is 2.94. The number of ether oxygens (including phenoxy) is 1. The van der Waals surface area contributed by atoms with Gasteiger partial charge in [-0.3, -0.25) is 10.1 Å². The number of carbonyl (C=O) groups excluding carboxylic acids is 1. The van der Waals surface area contributed by atoms with E-state index in [0.717, 1.165) is 32.1 Å². The molecule has 2 rings (SSSR count). The Morgan fingerprint density at radius 1 is 1.39 bits per heavy atom. The summed E-state index contributed by atoms with van der Waals surface area (Å²) in [6.45, 7) is 4.27. The summed E-state index contributed by atoms with van der Waals surface area (Å²) >= 11 is 0. The molecule has 1 heterocycles. The second-order valence-electron chi connectivity index (χ2n) is 5.45. The van der Waals surface area contributed by atoms with Crippen LogP contribution < -0.4 is 5.32 Å². The van der Waals surface area contributed by atoms with Gasteiger partial charge in [0, 0.05) is 7.11 Å². The normalized spacial score (nSPS) is 36.6. The summed E-state index contributed by atoms with van der Waals surface area (Å²) in [6.07, 6.45) is 6.73. The van der Waals surface area contributed by atoms with Gasteiger partial charge in [-0.2, -0.15) is 0 Å². The van der Waals surface area contributed by atoms with Crippen LogP contribution in [0.15, 0.2) is 0 Å². The number of amides is 1. The number of hydrogen-bond donors (Lipinski definition) is 1. The molecule has 0 bridgehead atoms. The molecule has 0 aromatic carbocycles. The minimum Gasteiger partial charge on any atom is -0.379 e. The minimum atomic E-state index is 0.0260. The highest BCUT2D eigenvalue weighted by atomic mass is 16.5. The van der Waals surface area contributed by atoms with E-state index in [2.05, 4.69) is 24.1 Å². The monoisotopic (exact) mass is 254 g/mol. The maximum atomic E-state index is 12.5. The summed E-state index contributed by atoms with van der Waals surface area (Å²) in [5, 5.41) is 3.48. The van der Waals surface area contributed by atoms with Crippen LogP contribution in [0.5, 0.6) is 0 Å². The Labute approximate surface area is 110 Å². The largest absolute Gasteiger partial charge is 0.379 e. The van der Waals surface area contributed by atoms with Crippen molar-refractivity contribution < 1.29 is 9.53 Å². The smallest absolute Gasteiger partial charge is 0.241 e. The zero-order valence-corrected chi connectivity index (χ0v) is 11.8. The van der Waals surface area contributed by atoms with Crippen molar-refractivity contribution >= 4 is 5.91 Å². The van der Waals surface area contributed by atoms with Crippen molar-refractivity contribution in [2.45, 2.75) is 76.7 Å². The van der Waals surface area contributed by atoms with Gasteiger partial charge in [0.25, 0.3) is 0 Å². The molecular formula is C14H26N2O2. The molecule has 1 saturated carbocycles. The second kappa shape index (κ2) is 6.02. The van der Waals surface area contributed by atoms with Crippen molar-refractivity contribution in [1.29, 1.82) is 0 Å². The van der Waals surface area contributed by atoms with E-state index >= 15 is 0 Å². The van der Waals surface area contributed by atoms with Crippen molar-refractivity contribution in [3.05, 3.63) is 0 Å². The summed E-state index contributed by atoms with van der Waals surface area (Å²) in [6, 6.07) is 0.305. The predicted molar refractivity (Wildman–Crippen MR) is 71.2 cm³/mol. The standard InChI is InChI=1S/C14H26N2O2/c1-4-7-10-14(17)16(13(5-2)15-10)11-8-6-9-12(11)18-3/h10-13,15H,4-9H2,1-3H3. The number of carbonyl (C=O) groups is 1. The van der Waals surface area contributed by atoms with Gasteiger partial charge in [-0.05, 0) is 32.1 Å². The lowest BCUT2D eigenvalue weighted by Crippen LogP contribution is -2.48. The average molecular weight is 254 g/mol. The molecule has 0 aromatic heterocycles. The molecule has 4 nitrogen and oxygen atoms in total. The van der Waals surface area contributed by atoms with Crippen molar-refractivity contribution in [1.82, 2.24) is 10.2 Å². The third-order valence-corrected chi connectivity index (χ3v) is 4.32. The van der Waals surface area contributed by atoms with Gasteiger partial charge in [0.15, 0.2) is 0 Å². The summed E-state index contributed by atoms with van der Waals surface area (Å²) in [5.41, 5.74) is 0. The minimum absolute atomic E-state index is 0.0260. The molecule has 1 aliphatic heterocycles. The molecule has 2 fully saturated rings. The first-order valence-corrected chi connectivity index (χ1v) is 7.33. The zero-order chi connectivity index (χ0) is 13.1. The molecule has 1 amide bonds. The first-order valence-electron chi connectivity index (χ1n) is 7.33. The van der Waals surface area contributed by atoms with Gasteiger partial charge in [0.2, 0.25) is 5.91 Å². The third-order valence-electron chi connectivity index (χ3n) is 4.32. The Morgan fingerprint density at radius 2 is 2.17 bits per heavy atom. The molecule has 2 aliphatic rings. The molecule has 1 N–H and O–H groups in total. The van der Waals surface area contributed by atoms with E-state index in [4.69, 9.17) is 4.74 Å². The lowest BCUT2D eigenvalue weighted by molar-refractivity contribution is -0.134. The molecule has 0 radical (unpaired) electrons. The van der Waals surface area contributed by atoms with Crippen LogP contribution >= 0.6 is 0 Å². The van der Waals surface area contributed by atoms with Gasteiger partial charge in [-0.1, -0.05) is 20.3 Å². The van der Waals surface area contributed by atoms with E-state index < -0.39 is 0 Å². The highest BCUT2D eigenvalue weighted by molar-refractivity contribution is 5.84. The Kier molecular flexibility index (Phi) is 4.62. The van der Waals surface area contributed by atoms with E-state index in [1.165, 1.54) is 6.42 Å². The van der Waals surface area contributed by atoms with Crippen LogP contribution in [-0.2, 0) is 9.53 Å². The Balaban J connectivity index is 2.11. The molecule has 0 aromatic rings. The van der Waals surface area contributed by atoms with Gasteiger partial charge in [-0.25, -0.2) is 0 Å². The fraction of sp³-hybridized carbons (Fsp3) is 0.929. The summed E-state index contributed by atoms with van der Waals surface area (Å²) in [7, 11) is 1.77. The van der Waals surface area contributed by atoms with Gasteiger partial charge in [-0.15, -0.1) is 0 Å². The molecule has 1 saturated heterocycles. The maximum Gasteiger partial charge on any atom is 0.241 e. The molecule has 4 atom stereocenters. The number of nitrogens with one attached hydrogen (secondary N) is 1. The van der Waals surface area contributed by atoms with Gasteiger partial charge >= 0.3 is 0 Å². The first-order chi connectivity index (χ1) is 8.72. The van der Waals surface area contributed by atoms with E-state index in [0.29, 0.717) is 0 Å². The summed E-state index contributed by atoms with van der Waals surface area (Å²) in [4.78, 5) is 14.6. The van der Waals surface area contributed by atoms with Crippen molar-refractivity contribution in [2.24, 2.45) is 0 Å². The fourth-order valence-electron chi connectivity index (χ4n) is 3.42. The van der Waals surface area contributed by atoms with E-state index in [1.807, 2.05) is 0 Å². The van der Waals surface area contributed by atoms with Crippen LogP contribution in [-0.4, -0.2) is 42.3 Å². The van der Waals surface area contributed by atoms with Crippen LogP contribution in [0.3, 0.4) is 0 Å². The summed E-state index contributed by atoms with van der Waals surface area (Å²) < 4.78 is 5.55. The predicted octanol–water partition coefficient (Wildman–Crippen LogP) is 1.89. The molecular weight excluding hydrogens is 228 g/mol. The third kappa shape index (κ3) is 2.41. The molecule has 4 heteroatoms. The van der Waals surface area contributed by atoms with Crippen LogP contribution in [0.1, 0.15) is 52.4 Å². The van der Waals surface area contributed by atoms with E-state index in [9.17, 15) is 4.79 Å². The second-order valence-corrected chi connectivity index (χ2v) is 5.45. The zero-order valence-electron chi connectivity index (χ0n) is 11.8. The number of methoxy groups -OCH3 is 1. The number of rotatable bonds is 5. The Morgan fingerprint density at radius 3 is 2.78 bits per heavy atom. The van der Waals surface area contributed by atoms with E-state index in [1.54, 1.807) is 7.11 Å². The van der Waals surface area contributed by atoms with Crippen LogP contribution in [0.25, 0.3) is 0 Å². The topological polar surface area (TPSA) is 41.6 Å². The molecule has 1 aliphatic carbocycles. The molecule has 4 unspecified atom stereocenters. The Bertz CT molecular complexity index is 296. The first kappa shape index (κ1) is 13.8. The lowest BCUT2D eigenvalue weighted by Gasteiger charge is -2.33. The lowest BCUT2D eigenvalue weighted by atomic mass is 10.1. The fourth-order valence-corrected chi connectivity index (χ4v) is 3.42. The number of nitrogens with zero attached hydrogens (tertiary/aromatic N) is 1. The molecule has 104 valence electrons. The molecule has 0 spiro atoms. The van der Waals surface area contributed by atoms with Crippen LogP contribution in [0, 0.1) is 0 Å². The quantitative estimate of drug-likeness (QED) is 0.814. The number of hydrogen-bond acceptors (Lipinski definition) is 3. The van der Waals surface area contributed by atoms with Crippen LogP contribution in [0.2, 0.25) is 0 Å².